The van der Waals surface area contributed by atoms with Crippen molar-refractivity contribution in [1.82, 2.24) is 15.3 Å². The van der Waals surface area contributed by atoms with Crippen LogP contribution in [-0.2, 0) is 39.1 Å². The van der Waals surface area contributed by atoms with Crippen molar-refractivity contribution in [3.8, 4) is 0 Å². The second kappa shape index (κ2) is 12.3. The summed E-state index contributed by atoms with van der Waals surface area (Å²) in [7, 11) is 0. The van der Waals surface area contributed by atoms with Crippen molar-refractivity contribution < 1.29 is 37.5 Å². The maximum atomic E-state index is 11.8. The molecule has 2 aromatic rings. The molecule has 8 nitrogen and oxygen atoms in total. The van der Waals surface area contributed by atoms with E-state index in [1.54, 1.807) is 30.3 Å². The van der Waals surface area contributed by atoms with Crippen LogP contribution in [0.5, 0.6) is 0 Å². The number of amides is 1. The quantitative estimate of drug-likeness (QED) is 0.512. The zero-order chi connectivity index (χ0) is 17.9. The molecule has 4 N–H and O–H groups in total. The van der Waals surface area contributed by atoms with Crippen LogP contribution in [0.4, 0.5) is 0 Å². The van der Waals surface area contributed by atoms with Gasteiger partial charge in [-0.25, -0.2) is 4.79 Å². The van der Waals surface area contributed by atoms with Gasteiger partial charge >= 0.3 is 5.69 Å². The fourth-order valence-electron chi connectivity index (χ4n) is 1.72. The number of nitrogens with one attached hydrogen (secondary N) is 4. The smallest absolute Gasteiger partial charge is 0.325 e. The Morgan fingerprint density at radius 1 is 1.20 bits per heavy atom. The Labute approximate surface area is 170 Å². The van der Waals surface area contributed by atoms with Crippen molar-refractivity contribution in [2.24, 2.45) is 4.99 Å². The summed E-state index contributed by atoms with van der Waals surface area (Å²) >= 11 is 0. The third-order valence-electron chi connectivity index (χ3n) is 2.82. The Morgan fingerprint density at radius 3 is 2.44 bits per heavy atom. The van der Waals surface area contributed by atoms with Gasteiger partial charge in [-0.1, -0.05) is 44.2 Å². The largest absolute Gasteiger partial charge is 0.411 e. The molecule has 1 amide bonds. The minimum Gasteiger partial charge on any atom is -0.411 e. The summed E-state index contributed by atoms with van der Waals surface area (Å²) in [4.78, 5) is 42.4. The average molecular weight is 419 g/mol. The van der Waals surface area contributed by atoms with Crippen molar-refractivity contribution >= 4 is 11.9 Å². The Bertz CT molecular complexity index is 799. The van der Waals surface area contributed by atoms with Crippen molar-refractivity contribution in [2.75, 3.05) is 6.54 Å². The van der Waals surface area contributed by atoms with Crippen molar-refractivity contribution in [1.29, 1.82) is 0 Å². The summed E-state index contributed by atoms with van der Waals surface area (Å²) in [6.07, 6.45) is 1.55. The zero-order valence-electron chi connectivity index (χ0n) is 14.1. The van der Waals surface area contributed by atoms with Gasteiger partial charge in [0, 0.05) is 56.0 Å². The second-order valence-corrected chi connectivity index (χ2v) is 4.40. The minimum absolute atomic E-state index is 0. The van der Waals surface area contributed by atoms with Gasteiger partial charge in [-0.2, -0.15) is 0 Å². The minimum atomic E-state index is -0.575. The second-order valence-electron chi connectivity index (χ2n) is 4.40. The molecule has 2 rings (SSSR count). The SMILES string of the molecule is CC.[NH-]C(=NCCc1c[nH]c(=O)[nH]c1=O)NC(=O)c1ccccc1.[Y]. The molecule has 0 aliphatic carbocycles. The first-order chi connectivity index (χ1) is 11.6. The molecule has 131 valence electrons. The summed E-state index contributed by atoms with van der Waals surface area (Å²) in [6, 6.07) is 8.48. The summed E-state index contributed by atoms with van der Waals surface area (Å²) in [5, 5.41) is 2.34. The fourth-order valence-corrected chi connectivity index (χ4v) is 1.72. The molecule has 0 fully saturated rings. The zero-order valence-corrected chi connectivity index (χ0v) is 17.0. The van der Waals surface area contributed by atoms with Crippen molar-refractivity contribution in [3.63, 3.8) is 0 Å². The number of hydrogen-bond acceptors (Lipinski definition) is 4. The van der Waals surface area contributed by atoms with E-state index in [-0.39, 0.29) is 51.6 Å². The van der Waals surface area contributed by atoms with E-state index in [1.165, 1.54) is 6.20 Å². The summed E-state index contributed by atoms with van der Waals surface area (Å²) in [6.45, 7) is 4.14. The average Bonchev–Trinajstić information content (AvgIpc) is 2.59. The van der Waals surface area contributed by atoms with Crippen LogP contribution in [0.1, 0.15) is 29.8 Å². The van der Waals surface area contributed by atoms with Crippen LogP contribution < -0.4 is 16.6 Å². The maximum absolute atomic E-state index is 11.8. The molecule has 0 spiro atoms. The molecule has 0 unspecified atom stereocenters. The molecule has 25 heavy (non-hydrogen) atoms. The van der Waals surface area contributed by atoms with Crippen LogP contribution in [0.2, 0.25) is 0 Å². The van der Waals surface area contributed by atoms with E-state index in [4.69, 9.17) is 5.73 Å². The monoisotopic (exact) mass is 419 g/mol. The molecule has 1 heterocycles. The van der Waals surface area contributed by atoms with E-state index >= 15 is 0 Å². The Kier molecular flexibility index (Phi) is 11.3. The molecule has 9 heteroatoms. The first kappa shape index (κ1) is 22.9. The van der Waals surface area contributed by atoms with E-state index in [0.29, 0.717) is 11.1 Å². The van der Waals surface area contributed by atoms with Gasteiger partial charge in [0.05, 0.1) is 0 Å². The third kappa shape index (κ3) is 8.04. The number of guanidine groups is 1. The molecule has 1 radical (unpaired) electrons. The molecule has 0 atom stereocenters. The number of aromatic nitrogens is 2. The van der Waals surface area contributed by atoms with E-state index in [2.05, 4.69) is 20.3 Å². The van der Waals surface area contributed by atoms with Gasteiger partial charge in [-0.05, 0) is 13.0 Å². The summed E-state index contributed by atoms with van der Waals surface area (Å²) in [5.41, 5.74) is 7.30. The Hall–Kier alpha value is -2.06. The number of H-pyrrole nitrogens is 2. The van der Waals surface area contributed by atoms with Gasteiger partial charge in [-0.15, -0.1) is 0 Å². The van der Waals surface area contributed by atoms with Crippen LogP contribution in [0, 0.1) is 0 Å². The van der Waals surface area contributed by atoms with Gasteiger partial charge in [0.25, 0.3) is 5.56 Å². The number of benzene rings is 1. The number of carbonyl (C=O) groups is 1. The molecule has 1 aromatic carbocycles. The standard InChI is InChI=1S/C14H15N5O3.C2H6.Y/c15-13(18-11(20)9-4-2-1-3-5-9)16-7-6-10-8-17-14(22)19-12(10)21;1-2;/h1-5,8H,6-7H2,(H5,15,16,17,18,19,20,21,22);1-2H3;/p-1. The topological polar surface area (TPSA) is 131 Å². The first-order valence-electron chi connectivity index (χ1n) is 7.49. The molecule has 0 bridgehead atoms. The number of rotatable bonds is 4. The van der Waals surface area contributed by atoms with Gasteiger partial charge in [-0.3, -0.25) is 14.6 Å². The molecule has 1 aromatic heterocycles. The predicted octanol–water partition coefficient (Wildman–Crippen LogP) is 1.47. The number of hydrogen-bond donors (Lipinski definition) is 3. The number of nitrogens with zero attached hydrogens (tertiary/aromatic N) is 1. The van der Waals surface area contributed by atoms with Crippen LogP contribution in [0.3, 0.4) is 0 Å². The number of aromatic amines is 2. The number of aliphatic imine (C=N–C) groups is 1. The van der Waals surface area contributed by atoms with E-state index in [1.807, 2.05) is 13.8 Å². The molecule has 0 saturated carbocycles. The van der Waals surface area contributed by atoms with Crippen LogP contribution >= 0.6 is 0 Å². The van der Waals surface area contributed by atoms with Crippen LogP contribution in [0.15, 0.2) is 51.1 Å². The van der Waals surface area contributed by atoms with Crippen molar-refractivity contribution in [3.05, 3.63) is 74.2 Å². The van der Waals surface area contributed by atoms with Gasteiger partial charge < -0.3 is 21.0 Å². The van der Waals surface area contributed by atoms with Gasteiger partial charge in [0.15, 0.2) is 0 Å². The Morgan fingerprint density at radius 2 is 1.84 bits per heavy atom. The molecule has 0 aliphatic rings. The predicted molar refractivity (Wildman–Crippen MR) is 93.3 cm³/mol. The van der Waals surface area contributed by atoms with Crippen LogP contribution in [-0.4, -0.2) is 28.4 Å². The van der Waals surface area contributed by atoms with E-state index in [9.17, 15) is 14.4 Å². The maximum Gasteiger partial charge on any atom is 0.325 e. The molecular weight excluding hydrogens is 399 g/mol. The van der Waals surface area contributed by atoms with E-state index in [0.717, 1.165) is 0 Å². The van der Waals surface area contributed by atoms with Gasteiger partial charge in [0.2, 0.25) is 5.91 Å². The summed E-state index contributed by atoms with van der Waals surface area (Å²) in [5.74, 6) is -0.703. The normalized spacial score (nSPS) is 10.1. The Balaban J connectivity index is 0.00000185. The van der Waals surface area contributed by atoms with Crippen molar-refractivity contribution in [2.45, 2.75) is 20.3 Å². The fraction of sp³-hybridized carbons (Fsp3) is 0.250. The van der Waals surface area contributed by atoms with Crippen LogP contribution in [0.25, 0.3) is 5.73 Å². The molecule has 0 saturated heterocycles. The number of carbonyl (C=O) groups excluding carboxylic acids is 1. The third-order valence-corrected chi connectivity index (χ3v) is 2.82. The van der Waals surface area contributed by atoms with E-state index < -0.39 is 17.2 Å². The first-order valence-corrected chi connectivity index (χ1v) is 7.49. The summed E-state index contributed by atoms with van der Waals surface area (Å²) < 4.78 is 0. The van der Waals surface area contributed by atoms with Gasteiger partial charge in [0.1, 0.15) is 0 Å². The molecule has 0 aliphatic heterocycles. The molecular formula is C16H20N5O3Y-.